The van der Waals surface area contributed by atoms with Crippen molar-refractivity contribution < 1.29 is 47.6 Å². The summed E-state index contributed by atoms with van der Waals surface area (Å²) >= 11 is 1.61. The van der Waals surface area contributed by atoms with Gasteiger partial charge >= 0.3 is 87.0 Å². The molecule has 125 valence electrons. The van der Waals surface area contributed by atoms with Crippen LogP contribution < -0.4 is 24.8 Å². The monoisotopic (exact) mass is 445 g/mol. The van der Waals surface area contributed by atoms with E-state index in [4.69, 9.17) is 0 Å². The van der Waals surface area contributed by atoms with Crippen LogP contribution in [-0.2, 0) is 22.8 Å². The first-order valence-corrected chi connectivity index (χ1v) is 11.0. The molecular weight excluding hydrogens is 422 g/mol. The summed E-state index contributed by atoms with van der Waals surface area (Å²) in [6.45, 7) is 11.3. The van der Waals surface area contributed by atoms with Crippen LogP contribution in [0.3, 0.4) is 0 Å². The maximum absolute atomic E-state index is 2.45. The van der Waals surface area contributed by atoms with E-state index in [-0.39, 0.29) is 47.6 Å². The number of rotatable bonds is 2. The summed E-state index contributed by atoms with van der Waals surface area (Å²) in [5.41, 5.74) is 1.56. The number of hydrogen-bond acceptors (Lipinski definition) is 1. The van der Waals surface area contributed by atoms with Gasteiger partial charge in [0.05, 0.1) is 0 Å². The summed E-state index contributed by atoms with van der Waals surface area (Å²) in [4.78, 5) is 2.93. The van der Waals surface area contributed by atoms with Crippen LogP contribution in [0.25, 0.3) is 0 Å². The van der Waals surface area contributed by atoms with Gasteiger partial charge in [-0.2, -0.15) is 0 Å². The van der Waals surface area contributed by atoms with E-state index in [2.05, 4.69) is 71.1 Å². The molecule has 0 radical (unpaired) electrons. The Balaban J connectivity index is 0.000000397. The predicted octanol–water partition coefficient (Wildman–Crippen LogP) is -0.134. The molecule has 23 heavy (non-hydrogen) atoms. The second kappa shape index (κ2) is 11.1. The van der Waals surface area contributed by atoms with Gasteiger partial charge in [-0.1, -0.05) is 36.1 Å². The molecule has 0 saturated heterocycles. The van der Waals surface area contributed by atoms with Crippen molar-refractivity contribution in [3.05, 3.63) is 55.1 Å². The van der Waals surface area contributed by atoms with Crippen LogP contribution in [0.4, 0.5) is 0 Å². The molecule has 1 heterocycles. The van der Waals surface area contributed by atoms with E-state index in [1.54, 1.807) is 12.1 Å². The molecule has 0 aromatic carbocycles. The summed E-state index contributed by atoms with van der Waals surface area (Å²) in [6, 6.07) is 0. The topological polar surface area (TPSA) is 0 Å². The SMILES string of the molecule is CC1=CC2C=CC=C2S1.C[C](C)=[Zr+2][C]1=CC(C(C)C)=CC1.[Cl-].[Cl-]. The van der Waals surface area contributed by atoms with Crippen LogP contribution in [0.5, 0.6) is 0 Å². The van der Waals surface area contributed by atoms with Crippen LogP contribution in [0.1, 0.15) is 41.0 Å². The molecule has 0 saturated carbocycles. The fourth-order valence-corrected chi connectivity index (χ4v) is 6.23. The van der Waals surface area contributed by atoms with Crippen molar-refractivity contribution >= 4 is 15.0 Å². The Morgan fingerprint density at radius 3 is 2.48 bits per heavy atom. The first kappa shape index (κ1) is 23.4. The normalized spacial score (nSPS) is 20.0. The van der Waals surface area contributed by atoms with Crippen LogP contribution in [-0.4, -0.2) is 3.21 Å². The van der Waals surface area contributed by atoms with Crippen molar-refractivity contribution in [2.75, 3.05) is 0 Å². The molecule has 1 atom stereocenters. The molecule has 3 aliphatic rings. The number of fused-ring (bicyclic) bond motifs is 1. The smallest absolute Gasteiger partial charge is 1.00 e. The molecule has 1 unspecified atom stereocenters. The molecule has 3 rings (SSSR count). The molecule has 1 aliphatic heterocycles. The summed E-state index contributed by atoms with van der Waals surface area (Å²) in [6.07, 6.45) is 15.0. The Kier molecular flexibility index (Phi) is 11.3. The van der Waals surface area contributed by atoms with Crippen LogP contribution in [0.2, 0.25) is 0 Å². The maximum atomic E-state index is 2.45. The molecule has 0 spiro atoms. The number of halogens is 2. The molecule has 4 heteroatoms. The standard InChI is InChI=1S/C8H8S.C8H11.C3H6.2ClH.Zr/c1-6-5-7-3-2-4-8(7)9-6;1-7(2)8-5-3-4-6-8;1-3-2;;;/h2-5,7H,1H3;5-7H,3H2,1-2H3;1-2H3;2*1H;/q;;;;;+2/p-2. The van der Waals surface area contributed by atoms with Crippen molar-refractivity contribution in [1.82, 2.24) is 0 Å². The fraction of sp³-hybridized carbons (Fsp3) is 0.421. The van der Waals surface area contributed by atoms with E-state index in [0.717, 1.165) is 5.92 Å². The van der Waals surface area contributed by atoms with E-state index >= 15 is 0 Å². The Morgan fingerprint density at radius 1 is 1.26 bits per heavy atom. The minimum absolute atomic E-state index is 0. The van der Waals surface area contributed by atoms with Gasteiger partial charge in [-0.25, -0.2) is 0 Å². The van der Waals surface area contributed by atoms with E-state index in [1.807, 2.05) is 11.8 Å². The van der Waals surface area contributed by atoms with Crippen LogP contribution in [0.15, 0.2) is 55.1 Å². The van der Waals surface area contributed by atoms with Gasteiger partial charge in [0, 0.05) is 10.8 Å². The van der Waals surface area contributed by atoms with Crippen molar-refractivity contribution in [2.24, 2.45) is 11.8 Å². The second-order valence-electron chi connectivity index (χ2n) is 6.22. The molecule has 0 amide bonds. The van der Waals surface area contributed by atoms with Crippen LogP contribution in [0, 0.1) is 11.8 Å². The molecule has 0 N–H and O–H groups in total. The average Bonchev–Trinajstić information content (AvgIpc) is 3.04. The number of hydrogen-bond donors (Lipinski definition) is 0. The first-order chi connectivity index (χ1) is 9.95. The molecule has 0 aromatic heterocycles. The molecular formula is C19H25Cl2SZr. The molecule has 0 fully saturated rings. The largest absolute Gasteiger partial charge is 1.00 e. The van der Waals surface area contributed by atoms with Crippen molar-refractivity contribution in [3.63, 3.8) is 0 Å². The van der Waals surface area contributed by atoms with Crippen molar-refractivity contribution in [3.8, 4) is 0 Å². The van der Waals surface area contributed by atoms with Gasteiger partial charge in [0.25, 0.3) is 0 Å². The Morgan fingerprint density at radius 2 is 1.96 bits per heavy atom. The Hall–Kier alpha value is 0.383. The summed E-state index contributed by atoms with van der Waals surface area (Å²) < 4.78 is 3.44. The van der Waals surface area contributed by atoms with Gasteiger partial charge in [0.2, 0.25) is 0 Å². The molecule has 2 aliphatic carbocycles. The third kappa shape index (κ3) is 7.43. The summed E-state index contributed by atoms with van der Waals surface area (Å²) in [5.74, 6) is 1.36. The molecule has 0 aromatic rings. The first-order valence-electron chi connectivity index (χ1n) is 7.68. The zero-order valence-electron chi connectivity index (χ0n) is 14.5. The minimum atomic E-state index is -0.285. The third-order valence-corrected chi connectivity index (χ3v) is 7.55. The quantitative estimate of drug-likeness (QED) is 0.568. The zero-order valence-corrected chi connectivity index (χ0v) is 19.3. The summed E-state index contributed by atoms with van der Waals surface area (Å²) in [7, 11) is 0. The van der Waals surface area contributed by atoms with E-state index in [1.165, 1.54) is 16.2 Å². The van der Waals surface area contributed by atoms with Crippen LogP contribution >= 0.6 is 11.8 Å². The van der Waals surface area contributed by atoms with Gasteiger partial charge in [0.1, 0.15) is 0 Å². The van der Waals surface area contributed by atoms with Gasteiger partial charge in [0.15, 0.2) is 0 Å². The van der Waals surface area contributed by atoms with Gasteiger partial charge in [-0.3, -0.25) is 0 Å². The zero-order chi connectivity index (χ0) is 15.4. The second-order valence-corrected chi connectivity index (χ2v) is 12.2. The summed E-state index contributed by atoms with van der Waals surface area (Å²) in [5, 5.41) is 0. The average molecular weight is 448 g/mol. The number of allylic oxidation sites excluding steroid dienone is 10. The Labute approximate surface area is 169 Å². The molecule has 0 nitrogen and oxygen atoms in total. The van der Waals surface area contributed by atoms with Gasteiger partial charge < -0.3 is 24.8 Å². The Bertz CT molecular complexity index is 588. The minimum Gasteiger partial charge on any atom is -1.00 e. The van der Waals surface area contributed by atoms with E-state index in [9.17, 15) is 0 Å². The maximum Gasteiger partial charge on any atom is -1.00 e. The number of thioether (sulfide) groups is 1. The fourth-order valence-electron chi connectivity index (χ4n) is 2.55. The van der Waals surface area contributed by atoms with Crippen molar-refractivity contribution in [1.29, 1.82) is 0 Å². The van der Waals surface area contributed by atoms with Crippen molar-refractivity contribution in [2.45, 2.75) is 41.0 Å². The third-order valence-electron chi connectivity index (χ3n) is 3.58. The molecule has 0 bridgehead atoms. The van der Waals surface area contributed by atoms with E-state index in [0.29, 0.717) is 5.92 Å². The van der Waals surface area contributed by atoms with Gasteiger partial charge in [-0.15, -0.1) is 0 Å². The van der Waals surface area contributed by atoms with E-state index < -0.39 is 0 Å². The van der Waals surface area contributed by atoms with Gasteiger partial charge in [-0.05, 0) is 11.8 Å². The predicted molar refractivity (Wildman–Crippen MR) is 94.0 cm³/mol.